The molecule has 0 aliphatic carbocycles. The van der Waals surface area contributed by atoms with E-state index in [1.54, 1.807) is 6.07 Å². The van der Waals surface area contributed by atoms with Crippen molar-refractivity contribution in [1.82, 2.24) is 4.57 Å². The molecule has 0 spiro atoms. The highest BCUT2D eigenvalue weighted by Crippen LogP contribution is 2.42. The number of aromatic nitrogens is 1. The predicted molar refractivity (Wildman–Crippen MR) is 108 cm³/mol. The molecule has 0 saturated heterocycles. The third kappa shape index (κ3) is 2.47. The molecule has 132 valence electrons. The monoisotopic (exact) mass is 345 g/mol. The van der Waals surface area contributed by atoms with E-state index in [1.165, 1.54) is 16.5 Å². The van der Waals surface area contributed by atoms with Gasteiger partial charge < -0.3 is 14.8 Å². The molecule has 0 aliphatic rings. The third-order valence-corrected chi connectivity index (χ3v) is 5.26. The van der Waals surface area contributed by atoms with Crippen molar-refractivity contribution in [1.29, 1.82) is 0 Å². The Labute approximate surface area is 153 Å². The van der Waals surface area contributed by atoms with Crippen LogP contribution in [-0.2, 0) is 13.5 Å². The number of hydrogen-bond acceptors (Lipinski definition) is 2. The summed E-state index contributed by atoms with van der Waals surface area (Å²) in [5, 5.41) is 23.6. The second-order valence-electron chi connectivity index (χ2n) is 6.86. The minimum atomic E-state index is 0.156. The van der Waals surface area contributed by atoms with Gasteiger partial charge in [-0.1, -0.05) is 42.5 Å². The summed E-state index contributed by atoms with van der Waals surface area (Å²) in [5.74, 6) is 0.289. The van der Waals surface area contributed by atoms with Crippen LogP contribution in [0.25, 0.3) is 32.9 Å². The number of fused-ring (bicyclic) bond motifs is 2. The van der Waals surface area contributed by atoms with Crippen molar-refractivity contribution in [2.24, 2.45) is 7.05 Å². The number of aryl methyl sites for hydroxylation is 3. The van der Waals surface area contributed by atoms with Gasteiger partial charge in [-0.05, 0) is 53.8 Å². The molecular weight excluding hydrogens is 322 g/mol. The van der Waals surface area contributed by atoms with Crippen LogP contribution in [0.2, 0.25) is 0 Å². The zero-order valence-corrected chi connectivity index (χ0v) is 15.2. The molecule has 0 atom stereocenters. The zero-order chi connectivity index (χ0) is 18.3. The Kier molecular flexibility index (Phi) is 4.17. The number of phenols is 1. The highest BCUT2D eigenvalue weighted by atomic mass is 16.3. The first-order valence-electron chi connectivity index (χ1n) is 9.02. The van der Waals surface area contributed by atoms with Crippen molar-refractivity contribution in [2.45, 2.75) is 19.8 Å². The normalized spacial score (nSPS) is 11.5. The van der Waals surface area contributed by atoms with Crippen molar-refractivity contribution in [2.75, 3.05) is 6.61 Å². The molecule has 0 unspecified atom stereocenters. The minimum Gasteiger partial charge on any atom is -0.507 e. The van der Waals surface area contributed by atoms with E-state index in [0.29, 0.717) is 6.42 Å². The van der Waals surface area contributed by atoms with Gasteiger partial charge in [-0.3, -0.25) is 0 Å². The molecule has 0 aliphatic heterocycles. The largest absolute Gasteiger partial charge is 0.507 e. The summed E-state index contributed by atoms with van der Waals surface area (Å²) in [7, 11) is 2.06. The first kappa shape index (κ1) is 16.7. The molecular formula is C23H23NO2. The third-order valence-electron chi connectivity index (χ3n) is 5.26. The fourth-order valence-corrected chi connectivity index (χ4v) is 4.09. The van der Waals surface area contributed by atoms with E-state index in [4.69, 9.17) is 0 Å². The molecule has 0 radical (unpaired) electrons. The van der Waals surface area contributed by atoms with Crippen LogP contribution in [0.3, 0.4) is 0 Å². The molecule has 4 aromatic rings. The van der Waals surface area contributed by atoms with Gasteiger partial charge in [-0.2, -0.15) is 0 Å². The van der Waals surface area contributed by atoms with Crippen LogP contribution in [0.1, 0.15) is 17.5 Å². The molecule has 1 heterocycles. The molecule has 0 amide bonds. The standard InChI is InChI=1S/C23H23NO2/c1-15-7-5-11-19-21(15)18(10-6-14-25)23(24(19)2)22-17-9-4-3-8-16(17)12-13-20(22)26/h3-5,7-9,11-13,25-26H,6,10,14H2,1-2H3. The highest BCUT2D eigenvalue weighted by molar-refractivity contribution is 6.04. The summed E-state index contributed by atoms with van der Waals surface area (Å²) in [6, 6.07) is 18.2. The van der Waals surface area contributed by atoms with Crippen molar-refractivity contribution < 1.29 is 10.2 Å². The molecule has 0 saturated carbocycles. The summed E-state index contributed by atoms with van der Waals surface area (Å²) in [4.78, 5) is 0. The summed E-state index contributed by atoms with van der Waals surface area (Å²) in [6.07, 6.45) is 1.47. The van der Waals surface area contributed by atoms with Crippen molar-refractivity contribution in [3.8, 4) is 17.0 Å². The van der Waals surface area contributed by atoms with Gasteiger partial charge in [-0.15, -0.1) is 0 Å². The van der Waals surface area contributed by atoms with Crippen molar-refractivity contribution >= 4 is 21.7 Å². The number of aliphatic hydroxyl groups is 1. The van der Waals surface area contributed by atoms with Gasteiger partial charge in [0, 0.05) is 30.1 Å². The van der Waals surface area contributed by atoms with Crippen LogP contribution in [0.15, 0.2) is 54.6 Å². The Hall–Kier alpha value is -2.78. The lowest BCUT2D eigenvalue weighted by atomic mass is 9.95. The Balaban J connectivity index is 2.14. The van der Waals surface area contributed by atoms with Gasteiger partial charge >= 0.3 is 0 Å². The Morgan fingerprint density at radius 3 is 2.58 bits per heavy atom. The van der Waals surface area contributed by atoms with Gasteiger partial charge in [0.15, 0.2) is 0 Å². The van der Waals surface area contributed by atoms with Crippen LogP contribution in [-0.4, -0.2) is 21.4 Å². The molecule has 4 rings (SSSR count). The van der Waals surface area contributed by atoms with Gasteiger partial charge in [0.1, 0.15) is 5.75 Å². The Morgan fingerprint density at radius 1 is 0.962 bits per heavy atom. The molecule has 1 aromatic heterocycles. The van der Waals surface area contributed by atoms with Crippen molar-refractivity contribution in [3.63, 3.8) is 0 Å². The number of nitrogens with zero attached hydrogens (tertiary/aromatic N) is 1. The lowest BCUT2D eigenvalue weighted by Gasteiger charge is -2.13. The summed E-state index contributed by atoms with van der Waals surface area (Å²) < 4.78 is 2.18. The Morgan fingerprint density at radius 2 is 1.77 bits per heavy atom. The van der Waals surface area contributed by atoms with Gasteiger partial charge in [0.25, 0.3) is 0 Å². The number of phenolic OH excluding ortho intramolecular Hbond substituents is 1. The quantitative estimate of drug-likeness (QED) is 0.550. The summed E-state index contributed by atoms with van der Waals surface area (Å²) >= 11 is 0. The van der Waals surface area contributed by atoms with E-state index < -0.39 is 0 Å². The molecule has 3 nitrogen and oxygen atoms in total. The first-order valence-corrected chi connectivity index (χ1v) is 9.02. The second-order valence-corrected chi connectivity index (χ2v) is 6.86. The topological polar surface area (TPSA) is 45.4 Å². The summed E-state index contributed by atoms with van der Waals surface area (Å²) in [6.45, 7) is 2.28. The smallest absolute Gasteiger partial charge is 0.125 e. The first-order chi connectivity index (χ1) is 12.6. The van der Waals surface area contributed by atoms with Crippen LogP contribution < -0.4 is 0 Å². The Bertz CT molecular complexity index is 1110. The van der Waals surface area contributed by atoms with Gasteiger partial charge in [0.2, 0.25) is 0 Å². The molecule has 3 heteroatoms. The maximum absolute atomic E-state index is 10.8. The molecule has 0 fully saturated rings. The number of rotatable bonds is 4. The second kappa shape index (κ2) is 6.50. The van der Waals surface area contributed by atoms with E-state index in [2.05, 4.69) is 48.9 Å². The zero-order valence-electron chi connectivity index (χ0n) is 15.2. The van der Waals surface area contributed by atoms with Crippen LogP contribution in [0.4, 0.5) is 0 Å². The molecule has 26 heavy (non-hydrogen) atoms. The molecule has 3 aromatic carbocycles. The highest BCUT2D eigenvalue weighted by Gasteiger charge is 2.21. The number of aliphatic hydroxyl groups excluding tert-OH is 1. The fraction of sp³-hybridized carbons (Fsp3) is 0.217. The van der Waals surface area contributed by atoms with Crippen LogP contribution in [0, 0.1) is 6.92 Å². The predicted octanol–water partition coefficient (Wildman–Crippen LogP) is 4.94. The summed E-state index contributed by atoms with van der Waals surface area (Å²) in [5.41, 5.74) is 5.48. The van der Waals surface area contributed by atoms with Gasteiger partial charge in [-0.25, -0.2) is 0 Å². The minimum absolute atomic E-state index is 0.156. The fourth-order valence-electron chi connectivity index (χ4n) is 4.09. The SMILES string of the molecule is Cc1cccc2c1c(CCCO)c(-c1c(O)ccc3ccccc13)n2C. The number of hydrogen-bond donors (Lipinski definition) is 2. The maximum atomic E-state index is 10.8. The molecule has 2 N–H and O–H groups in total. The van der Waals surface area contributed by atoms with Crippen molar-refractivity contribution in [3.05, 3.63) is 65.7 Å². The average Bonchev–Trinajstić information content (AvgIpc) is 2.93. The van der Waals surface area contributed by atoms with Crippen LogP contribution in [0.5, 0.6) is 5.75 Å². The van der Waals surface area contributed by atoms with Gasteiger partial charge in [0.05, 0.1) is 5.69 Å². The molecule has 0 bridgehead atoms. The van der Waals surface area contributed by atoms with Crippen LogP contribution >= 0.6 is 0 Å². The van der Waals surface area contributed by atoms with E-state index in [0.717, 1.165) is 34.0 Å². The lowest BCUT2D eigenvalue weighted by molar-refractivity contribution is 0.289. The average molecular weight is 345 g/mol. The van der Waals surface area contributed by atoms with E-state index in [-0.39, 0.29) is 12.4 Å². The lowest BCUT2D eigenvalue weighted by Crippen LogP contribution is -1.97. The number of benzene rings is 3. The maximum Gasteiger partial charge on any atom is 0.125 e. The van der Waals surface area contributed by atoms with E-state index in [1.807, 2.05) is 18.2 Å². The van der Waals surface area contributed by atoms with E-state index >= 15 is 0 Å². The number of aromatic hydroxyl groups is 1. The van der Waals surface area contributed by atoms with E-state index in [9.17, 15) is 10.2 Å².